The van der Waals surface area contributed by atoms with E-state index in [1.165, 1.54) is 0 Å². The predicted molar refractivity (Wildman–Crippen MR) is 121 cm³/mol. The number of fused-ring (bicyclic) bond motifs is 2. The van der Waals surface area contributed by atoms with Crippen molar-refractivity contribution in [2.24, 2.45) is 0 Å². The van der Waals surface area contributed by atoms with Gasteiger partial charge in [-0.3, -0.25) is 4.79 Å². The van der Waals surface area contributed by atoms with Crippen LogP contribution >= 0.6 is 23.2 Å². The fourth-order valence-corrected chi connectivity index (χ4v) is 3.75. The lowest BCUT2D eigenvalue weighted by Gasteiger charge is -2.09. The molecule has 1 N–H and O–H groups in total. The number of nitrogens with zero attached hydrogens (tertiary/aromatic N) is 1. The standard InChI is InChI=1S/C24H14Cl2N2O2/c25-15-9-7-14(8-10-15)24-28-21-13-16(11-12-22(21)30-24)27-23(29)19-5-1-4-18-17(19)3-2-6-20(18)26/h1-13H,(H,27,29). The van der Waals surface area contributed by atoms with Gasteiger partial charge in [-0.15, -0.1) is 0 Å². The van der Waals surface area contributed by atoms with E-state index in [9.17, 15) is 4.79 Å². The van der Waals surface area contributed by atoms with Gasteiger partial charge in [0.05, 0.1) is 0 Å². The van der Waals surface area contributed by atoms with Gasteiger partial charge in [-0.05, 0) is 60.0 Å². The highest BCUT2D eigenvalue weighted by Gasteiger charge is 2.13. The molecule has 0 atom stereocenters. The van der Waals surface area contributed by atoms with E-state index < -0.39 is 0 Å². The second-order valence-corrected chi connectivity index (χ2v) is 7.65. The number of aromatic nitrogens is 1. The maximum atomic E-state index is 12.9. The van der Waals surface area contributed by atoms with Crippen molar-refractivity contribution in [1.29, 1.82) is 0 Å². The van der Waals surface area contributed by atoms with E-state index in [-0.39, 0.29) is 5.91 Å². The highest BCUT2D eigenvalue weighted by molar-refractivity contribution is 6.36. The summed E-state index contributed by atoms with van der Waals surface area (Å²) in [6.07, 6.45) is 0. The van der Waals surface area contributed by atoms with Gasteiger partial charge in [-0.25, -0.2) is 4.98 Å². The number of anilines is 1. The van der Waals surface area contributed by atoms with E-state index in [1.807, 2.05) is 42.5 Å². The van der Waals surface area contributed by atoms with E-state index in [0.717, 1.165) is 16.3 Å². The third-order valence-corrected chi connectivity index (χ3v) is 5.43. The van der Waals surface area contributed by atoms with E-state index in [0.29, 0.717) is 38.3 Å². The number of amides is 1. The molecule has 1 heterocycles. The maximum absolute atomic E-state index is 12.9. The zero-order valence-electron chi connectivity index (χ0n) is 15.5. The molecule has 0 aliphatic rings. The summed E-state index contributed by atoms with van der Waals surface area (Å²) < 4.78 is 5.83. The molecular formula is C24H14Cl2N2O2. The van der Waals surface area contributed by atoms with Crippen LogP contribution < -0.4 is 5.32 Å². The summed E-state index contributed by atoms with van der Waals surface area (Å²) in [6.45, 7) is 0. The number of nitrogens with one attached hydrogen (secondary N) is 1. The summed E-state index contributed by atoms with van der Waals surface area (Å²) >= 11 is 12.2. The third-order valence-electron chi connectivity index (χ3n) is 4.85. The molecule has 5 aromatic rings. The van der Waals surface area contributed by atoms with Crippen LogP contribution in [0.25, 0.3) is 33.3 Å². The molecule has 0 unspecified atom stereocenters. The Morgan fingerprint density at radius 1 is 0.867 bits per heavy atom. The second kappa shape index (κ2) is 7.48. The average Bonchev–Trinajstić information content (AvgIpc) is 3.17. The number of hydrogen-bond acceptors (Lipinski definition) is 3. The van der Waals surface area contributed by atoms with Gasteiger partial charge in [0.1, 0.15) is 5.52 Å². The Morgan fingerprint density at radius 3 is 2.47 bits per heavy atom. The molecule has 0 saturated heterocycles. The molecule has 0 bridgehead atoms. The minimum Gasteiger partial charge on any atom is -0.436 e. The molecule has 0 aliphatic carbocycles. The minimum atomic E-state index is -0.219. The molecule has 0 spiro atoms. The Balaban J connectivity index is 1.46. The third kappa shape index (κ3) is 3.41. The highest BCUT2D eigenvalue weighted by atomic mass is 35.5. The fraction of sp³-hybridized carbons (Fsp3) is 0. The Morgan fingerprint density at radius 2 is 1.63 bits per heavy atom. The van der Waals surface area contributed by atoms with Gasteiger partial charge < -0.3 is 9.73 Å². The van der Waals surface area contributed by atoms with Gasteiger partial charge in [-0.1, -0.05) is 47.5 Å². The molecule has 0 fully saturated rings. The van der Waals surface area contributed by atoms with Crippen LogP contribution in [0.5, 0.6) is 0 Å². The molecular weight excluding hydrogens is 419 g/mol. The number of carbonyl (C=O) groups excluding carboxylic acids is 1. The summed E-state index contributed by atoms with van der Waals surface area (Å²) in [4.78, 5) is 17.5. The van der Waals surface area contributed by atoms with Gasteiger partial charge in [0, 0.05) is 32.2 Å². The van der Waals surface area contributed by atoms with Gasteiger partial charge in [0.25, 0.3) is 5.91 Å². The molecule has 0 saturated carbocycles. The Bertz CT molecular complexity index is 1410. The van der Waals surface area contributed by atoms with E-state index in [1.54, 1.807) is 36.4 Å². The molecule has 4 nitrogen and oxygen atoms in total. The van der Waals surface area contributed by atoms with Crippen molar-refractivity contribution in [3.63, 3.8) is 0 Å². The first-order valence-corrected chi connectivity index (χ1v) is 9.99. The van der Waals surface area contributed by atoms with Crippen molar-refractivity contribution in [2.45, 2.75) is 0 Å². The summed E-state index contributed by atoms with van der Waals surface area (Å²) in [6, 6.07) is 23.7. The van der Waals surface area contributed by atoms with Crippen molar-refractivity contribution in [3.05, 3.63) is 94.5 Å². The van der Waals surface area contributed by atoms with Crippen LogP contribution in [0.3, 0.4) is 0 Å². The first kappa shape index (κ1) is 18.7. The van der Waals surface area contributed by atoms with Gasteiger partial charge in [-0.2, -0.15) is 0 Å². The number of benzene rings is 4. The minimum absolute atomic E-state index is 0.219. The number of carbonyl (C=O) groups is 1. The number of oxazole rings is 1. The highest BCUT2D eigenvalue weighted by Crippen LogP contribution is 2.29. The van der Waals surface area contributed by atoms with E-state index in [4.69, 9.17) is 27.6 Å². The van der Waals surface area contributed by atoms with Crippen molar-refractivity contribution >= 4 is 56.7 Å². The van der Waals surface area contributed by atoms with E-state index in [2.05, 4.69) is 10.3 Å². The van der Waals surface area contributed by atoms with Crippen LogP contribution in [0.4, 0.5) is 5.69 Å². The van der Waals surface area contributed by atoms with Crippen LogP contribution in [0.15, 0.2) is 83.3 Å². The van der Waals surface area contributed by atoms with Crippen LogP contribution in [0, 0.1) is 0 Å². The molecule has 1 aromatic heterocycles. The molecule has 5 rings (SSSR count). The Kier molecular flexibility index (Phi) is 4.66. The summed E-state index contributed by atoms with van der Waals surface area (Å²) in [5, 5.41) is 5.84. The lowest BCUT2D eigenvalue weighted by Crippen LogP contribution is -2.12. The number of hydrogen-bond donors (Lipinski definition) is 1. The van der Waals surface area contributed by atoms with Crippen LogP contribution in [0.1, 0.15) is 10.4 Å². The van der Waals surface area contributed by atoms with Crippen molar-refractivity contribution in [1.82, 2.24) is 4.98 Å². The lowest BCUT2D eigenvalue weighted by molar-refractivity contribution is 0.102. The summed E-state index contributed by atoms with van der Waals surface area (Å²) in [5.41, 5.74) is 3.29. The average molecular weight is 433 g/mol. The van der Waals surface area contributed by atoms with Crippen LogP contribution in [0.2, 0.25) is 10.0 Å². The monoisotopic (exact) mass is 432 g/mol. The molecule has 0 radical (unpaired) electrons. The quantitative estimate of drug-likeness (QED) is 0.327. The molecule has 6 heteroatoms. The number of halogens is 2. The maximum Gasteiger partial charge on any atom is 0.256 e. The lowest BCUT2D eigenvalue weighted by atomic mass is 10.0. The zero-order chi connectivity index (χ0) is 20.7. The second-order valence-electron chi connectivity index (χ2n) is 6.80. The topological polar surface area (TPSA) is 55.1 Å². The summed E-state index contributed by atoms with van der Waals surface area (Å²) in [5.74, 6) is 0.275. The molecule has 146 valence electrons. The Labute approximate surface area is 182 Å². The van der Waals surface area contributed by atoms with Gasteiger partial charge in [0.2, 0.25) is 5.89 Å². The SMILES string of the molecule is O=C(Nc1ccc2oc(-c3ccc(Cl)cc3)nc2c1)c1cccc2c(Cl)cccc12. The van der Waals surface area contributed by atoms with E-state index >= 15 is 0 Å². The predicted octanol–water partition coefficient (Wildman–Crippen LogP) is 7.21. The van der Waals surface area contributed by atoms with Crippen LogP contribution in [-0.4, -0.2) is 10.9 Å². The smallest absolute Gasteiger partial charge is 0.256 e. The van der Waals surface area contributed by atoms with Gasteiger partial charge in [0.15, 0.2) is 5.58 Å². The Hall–Kier alpha value is -3.34. The first-order chi connectivity index (χ1) is 14.6. The van der Waals surface area contributed by atoms with Crippen LogP contribution in [-0.2, 0) is 0 Å². The largest absolute Gasteiger partial charge is 0.436 e. The number of rotatable bonds is 3. The molecule has 30 heavy (non-hydrogen) atoms. The van der Waals surface area contributed by atoms with Crippen molar-refractivity contribution < 1.29 is 9.21 Å². The van der Waals surface area contributed by atoms with Crippen molar-refractivity contribution in [2.75, 3.05) is 5.32 Å². The molecule has 0 aliphatic heterocycles. The fourth-order valence-electron chi connectivity index (χ4n) is 3.39. The van der Waals surface area contributed by atoms with Crippen molar-refractivity contribution in [3.8, 4) is 11.5 Å². The molecule has 1 amide bonds. The first-order valence-electron chi connectivity index (χ1n) is 9.23. The molecule has 4 aromatic carbocycles. The van der Waals surface area contributed by atoms with Gasteiger partial charge >= 0.3 is 0 Å². The zero-order valence-corrected chi connectivity index (χ0v) is 17.0. The normalized spacial score (nSPS) is 11.1. The summed E-state index contributed by atoms with van der Waals surface area (Å²) in [7, 11) is 0.